The molecule has 0 radical (unpaired) electrons. The van der Waals surface area contributed by atoms with Crippen molar-refractivity contribution in [2.45, 2.75) is 90.3 Å². The minimum atomic E-state index is -0.270. The molecule has 0 aromatic heterocycles. The molecule has 0 spiro atoms. The number of quaternary nitrogens is 1. The van der Waals surface area contributed by atoms with E-state index in [0.717, 1.165) is 6.54 Å². The third-order valence-corrected chi connectivity index (χ3v) is 4.23. The molecule has 3 heteroatoms. The number of aliphatic hydroxyl groups excluding tert-OH is 1. The van der Waals surface area contributed by atoms with E-state index in [1.54, 1.807) is 0 Å². The van der Waals surface area contributed by atoms with Crippen molar-refractivity contribution < 1.29 is 10.4 Å². The maximum atomic E-state index is 9.67. The summed E-state index contributed by atoms with van der Waals surface area (Å²) in [5.74, 6) is 0. The smallest absolute Gasteiger partial charge is 0.191 e. The van der Waals surface area contributed by atoms with Crippen LogP contribution in [0.25, 0.3) is 0 Å². The zero-order valence-electron chi connectivity index (χ0n) is 13.6. The van der Waals surface area contributed by atoms with Gasteiger partial charge < -0.3 is 10.0 Å². The molecule has 0 fully saturated rings. The van der Waals surface area contributed by atoms with Gasteiger partial charge in [0.1, 0.15) is 12.3 Å². The summed E-state index contributed by atoms with van der Waals surface area (Å²) in [4.78, 5) is 2.27. The molecule has 3 nitrogen and oxygen atoms in total. The number of nitrogens with two attached hydrogens (primary N) is 1. The Morgan fingerprint density at radius 3 is 2.10 bits per heavy atom. The number of hydrogen-bond donors (Lipinski definition) is 2. The van der Waals surface area contributed by atoms with Gasteiger partial charge in [-0.15, -0.1) is 0 Å². The summed E-state index contributed by atoms with van der Waals surface area (Å²) >= 11 is 0. The average molecular weight is 283 g/mol. The van der Waals surface area contributed by atoms with E-state index in [1.807, 2.05) is 6.92 Å². The molecule has 0 bridgehead atoms. The average Bonchev–Trinajstić information content (AvgIpc) is 2.89. The standard InChI is InChI=1S/C17H34N2O/c1-3-4-5-6-7-8-9-10-11-12-14-19-15-13-18-17(19)16(2)20/h13,15-18,20H,3-12,14H2,1-2H3/p+1. The highest BCUT2D eigenvalue weighted by Gasteiger charge is 2.26. The van der Waals surface area contributed by atoms with Crippen LogP contribution >= 0.6 is 0 Å². The van der Waals surface area contributed by atoms with Crippen LogP contribution in [0.3, 0.4) is 0 Å². The van der Waals surface area contributed by atoms with E-state index in [-0.39, 0.29) is 12.3 Å². The Kier molecular flexibility index (Phi) is 9.77. The first-order chi connectivity index (χ1) is 9.75. The zero-order chi connectivity index (χ0) is 14.6. The van der Waals surface area contributed by atoms with Crippen molar-refractivity contribution in [1.29, 1.82) is 0 Å². The van der Waals surface area contributed by atoms with Crippen molar-refractivity contribution in [3.8, 4) is 0 Å². The van der Waals surface area contributed by atoms with Gasteiger partial charge in [0.15, 0.2) is 6.17 Å². The molecule has 0 aromatic carbocycles. The molecule has 0 amide bonds. The fourth-order valence-corrected chi connectivity index (χ4v) is 2.93. The summed E-state index contributed by atoms with van der Waals surface area (Å²) in [6, 6.07) is 0. The molecule has 2 atom stereocenters. The molecule has 20 heavy (non-hydrogen) atoms. The number of aliphatic hydroxyl groups is 1. The van der Waals surface area contributed by atoms with Crippen LogP contribution in [0.2, 0.25) is 0 Å². The van der Waals surface area contributed by atoms with Crippen molar-refractivity contribution in [3.05, 3.63) is 12.4 Å². The quantitative estimate of drug-likeness (QED) is 0.541. The van der Waals surface area contributed by atoms with E-state index < -0.39 is 0 Å². The molecule has 1 aliphatic rings. The molecule has 3 N–H and O–H groups in total. The van der Waals surface area contributed by atoms with Gasteiger partial charge in [-0.1, -0.05) is 64.7 Å². The monoisotopic (exact) mass is 283 g/mol. The first-order valence-electron chi connectivity index (χ1n) is 8.71. The molecule has 1 heterocycles. The lowest BCUT2D eigenvalue weighted by Gasteiger charge is -2.24. The molecule has 0 aliphatic carbocycles. The third kappa shape index (κ3) is 7.30. The van der Waals surface area contributed by atoms with E-state index in [4.69, 9.17) is 0 Å². The SMILES string of the molecule is CCCCCCCCCCCCN1C=C[NH2+]C1C(C)O. The van der Waals surface area contributed by atoms with E-state index in [0.29, 0.717) is 0 Å². The predicted molar refractivity (Wildman–Crippen MR) is 85.1 cm³/mol. The van der Waals surface area contributed by atoms with Crippen molar-refractivity contribution in [2.24, 2.45) is 0 Å². The summed E-state index contributed by atoms with van der Waals surface area (Å²) in [7, 11) is 0. The van der Waals surface area contributed by atoms with E-state index in [2.05, 4.69) is 29.5 Å². The van der Waals surface area contributed by atoms with Crippen LogP contribution in [0.4, 0.5) is 0 Å². The fourth-order valence-electron chi connectivity index (χ4n) is 2.93. The number of hydrogen-bond acceptors (Lipinski definition) is 2. The molecule has 0 saturated carbocycles. The van der Waals surface area contributed by atoms with Gasteiger partial charge in [0, 0.05) is 6.54 Å². The summed E-state index contributed by atoms with van der Waals surface area (Å²) in [5, 5.41) is 11.8. The van der Waals surface area contributed by atoms with Gasteiger partial charge in [-0.3, -0.25) is 5.32 Å². The molecule has 1 aliphatic heterocycles. The Balaban J connectivity index is 1.88. The van der Waals surface area contributed by atoms with Gasteiger partial charge in [0.2, 0.25) is 0 Å². The second kappa shape index (κ2) is 11.2. The van der Waals surface area contributed by atoms with Crippen molar-refractivity contribution in [2.75, 3.05) is 6.54 Å². The van der Waals surface area contributed by atoms with Crippen LogP contribution in [0.5, 0.6) is 0 Å². The number of nitrogens with zero attached hydrogens (tertiary/aromatic N) is 1. The second-order valence-electron chi connectivity index (χ2n) is 6.18. The minimum Gasteiger partial charge on any atom is -0.385 e. The normalized spacial score (nSPS) is 19.8. The summed E-state index contributed by atoms with van der Waals surface area (Å²) in [6.07, 6.45) is 17.9. The number of rotatable bonds is 12. The van der Waals surface area contributed by atoms with Gasteiger partial charge in [-0.25, -0.2) is 0 Å². The largest absolute Gasteiger partial charge is 0.385 e. The van der Waals surface area contributed by atoms with Gasteiger partial charge in [0.25, 0.3) is 0 Å². The Hall–Kier alpha value is -0.540. The van der Waals surface area contributed by atoms with Crippen LogP contribution in [0.15, 0.2) is 12.4 Å². The highest BCUT2D eigenvalue weighted by molar-refractivity contribution is 4.84. The topological polar surface area (TPSA) is 40.1 Å². The maximum absolute atomic E-state index is 9.67. The molecular formula is C17H35N2O+. The molecule has 2 unspecified atom stereocenters. The first-order valence-corrected chi connectivity index (χ1v) is 8.71. The predicted octanol–water partition coefficient (Wildman–Crippen LogP) is 2.96. The van der Waals surface area contributed by atoms with Crippen LogP contribution in [0.1, 0.15) is 78.1 Å². The van der Waals surface area contributed by atoms with E-state index in [1.165, 1.54) is 64.2 Å². The zero-order valence-corrected chi connectivity index (χ0v) is 13.6. The summed E-state index contributed by atoms with van der Waals surface area (Å²) < 4.78 is 0. The molecule has 1 rings (SSSR count). The van der Waals surface area contributed by atoms with Gasteiger partial charge in [0.05, 0.1) is 6.20 Å². The maximum Gasteiger partial charge on any atom is 0.191 e. The lowest BCUT2D eigenvalue weighted by atomic mass is 10.1. The van der Waals surface area contributed by atoms with E-state index >= 15 is 0 Å². The van der Waals surface area contributed by atoms with Crippen molar-refractivity contribution >= 4 is 0 Å². The Bertz CT molecular complexity index is 253. The molecule has 118 valence electrons. The fraction of sp³-hybridized carbons (Fsp3) is 0.882. The van der Waals surface area contributed by atoms with Crippen LogP contribution in [0, 0.1) is 0 Å². The Morgan fingerprint density at radius 1 is 1.00 bits per heavy atom. The molecule has 0 saturated heterocycles. The van der Waals surface area contributed by atoms with E-state index in [9.17, 15) is 5.11 Å². The van der Waals surface area contributed by atoms with Crippen molar-refractivity contribution in [3.63, 3.8) is 0 Å². The highest BCUT2D eigenvalue weighted by atomic mass is 16.3. The lowest BCUT2D eigenvalue weighted by molar-refractivity contribution is -0.642. The second-order valence-corrected chi connectivity index (χ2v) is 6.18. The van der Waals surface area contributed by atoms with Gasteiger partial charge in [-0.2, -0.15) is 0 Å². The summed E-state index contributed by atoms with van der Waals surface area (Å²) in [5.41, 5.74) is 0. The van der Waals surface area contributed by atoms with Crippen molar-refractivity contribution in [1.82, 2.24) is 4.90 Å². The van der Waals surface area contributed by atoms with Gasteiger partial charge >= 0.3 is 0 Å². The third-order valence-electron chi connectivity index (χ3n) is 4.23. The Morgan fingerprint density at radius 2 is 1.55 bits per heavy atom. The first kappa shape index (κ1) is 17.5. The lowest BCUT2D eigenvalue weighted by Crippen LogP contribution is -2.87. The summed E-state index contributed by atoms with van der Waals surface area (Å²) in [6.45, 7) is 5.23. The van der Waals surface area contributed by atoms with Crippen LogP contribution < -0.4 is 5.32 Å². The van der Waals surface area contributed by atoms with Crippen LogP contribution in [-0.2, 0) is 0 Å². The number of unbranched alkanes of at least 4 members (excludes halogenated alkanes) is 9. The Labute approximate surface area is 125 Å². The molecular weight excluding hydrogens is 248 g/mol. The minimum absolute atomic E-state index is 0.202. The van der Waals surface area contributed by atoms with Crippen LogP contribution in [-0.4, -0.2) is 28.8 Å². The van der Waals surface area contributed by atoms with Gasteiger partial charge in [-0.05, 0) is 13.3 Å². The highest BCUT2D eigenvalue weighted by Crippen LogP contribution is 2.11. The molecule has 0 aromatic rings.